The third-order valence-electron chi connectivity index (χ3n) is 5.87. The number of rotatable bonds is 3. The second kappa shape index (κ2) is 6.91. The summed E-state index contributed by atoms with van der Waals surface area (Å²) < 4.78 is 25.5. The molecule has 0 saturated carbocycles. The second-order valence-electron chi connectivity index (χ2n) is 7.79. The van der Waals surface area contributed by atoms with Gasteiger partial charge in [0.05, 0.1) is 11.4 Å². The van der Waals surface area contributed by atoms with Crippen LogP contribution in [0.4, 0.5) is 11.4 Å². The van der Waals surface area contributed by atoms with Gasteiger partial charge in [-0.05, 0) is 80.1 Å². The molecule has 2 aromatic carbocycles. The van der Waals surface area contributed by atoms with Crippen molar-refractivity contribution in [1.29, 1.82) is 0 Å². The van der Waals surface area contributed by atoms with E-state index in [1.165, 1.54) is 28.4 Å². The van der Waals surface area contributed by atoms with Crippen molar-refractivity contribution in [3.05, 3.63) is 59.3 Å². The molecule has 29 heavy (non-hydrogen) atoms. The van der Waals surface area contributed by atoms with E-state index in [1.807, 2.05) is 18.2 Å². The molecular weight excluding hydrogens is 386 g/mol. The van der Waals surface area contributed by atoms with Gasteiger partial charge in [0.2, 0.25) is 10.0 Å². The van der Waals surface area contributed by atoms with Gasteiger partial charge < -0.3 is 10.3 Å². The monoisotopic (exact) mass is 409 g/mol. The topological polar surface area (TPSA) is 82.3 Å². The summed E-state index contributed by atoms with van der Waals surface area (Å²) in [5, 5.41) is 4.06. The Morgan fingerprint density at radius 2 is 1.79 bits per heavy atom. The van der Waals surface area contributed by atoms with Gasteiger partial charge in [-0.15, -0.1) is 0 Å². The normalized spacial score (nSPS) is 18.0. The fourth-order valence-electron chi connectivity index (χ4n) is 4.39. The maximum atomic E-state index is 12.8. The zero-order chi connectivity index (χ0) is 20.0. The highest BCUT2D eigenvalue weighted by atomic mass is 32.2. The van der Waals surface area contributed by atoms with Crippen molar-refractivity contribution in [2.75, 3.05) is 21.9 Å². The smallest absolute Gasteiger partial charge is 0.255 e. The van der Waals surface area contributed by atoms with Crippen molar-refractivity contribution in [2.24, 2.45) is 0 Å². The number of H-pyrrole nitrogens is 1. The van der Waals surface area contributed by atoms with Crippen LogP contribution in [0.15, 0.2) is 42.5 Å². The number of aromatic amines is 1. The van der Waals surface area contributed by atoms with Gasteiger partial charge in [0.15, 0.2) is 0 Å². The number of benzene rings is 2. The van der Waals surface area contributed by atoms with Gasteiger partial charge in [0.1, 0.15) is 0 Å². The molecule has 6 nitrogen and oxygen atoms in total. The summed E-state index contributed by atoms with van der Waals surface area (Å²) in [6, 6.07) is 12.8. The lowest BCUT2D eigenvalue weighted by Crippen LogP contribution is -2.24. The molecule has 0 unspecified atom stereocenters. The van der Waals surface area contributed by atoms with E-state index in [0.29, 0.717) is 29.9 Å². The quantitative estimate of drug-likeness (QED) is 0.690. The maximum absolute atomic E-state index is 12.8. The van der Waals surface area contributed by atoms with Gasteiger partial charge in [0, 0.05) is 34.4 Å². The van der Waals surface area contributed by atoms with Crippen molar-refractivity contribution in [3.63, 3.8) is 0 Å². The molecule has 2 N–H and O–H groups in total. The van der Waals surface area contributed by atoms with Crippen molar-refractivity contribution >= 4 is 38.2 Å². The SMILES string of the molecule is O=C(Nc1ccc(N2CCCS2(=O)=O)cc1)c1ccc2[nH]c3c(c2c1)CCCC3. The van der Waals surface area contributed by atoms with Crippen LogP contribution in [0.1, 0.15) is 40.9 Å². The van der Waals surface area contributed by atoms with Crippen LogP contribution in [-0.2, 0) is 22.9 Å². The van der Waals surface area contributed by atoms with Crippen molar-refractivity contribution in [1.82, 2.24) is 4.98 Å². The first-order chi connectivity index (χ1) is 14.0. The lowest BCUT2D eigenvalue weighted by Gasteiger charge is -2.17. The molecule has 2 aliphatic rings. The van der Waals surface area contributed by atoms with Gasteiger partial charge in [0.25, 0.3) is 5.91 Å². The van der Waals surface area contributed by atoms with E-state index >= 15 is 0 Å². The van der Waals surface area contributed by atoms with Crippen LogP contribution in [0.3, 0.4) is 0 Å². The van der Waals surface area contributed by atoms with Gasteiger partial charge >= 0.3 is 0 Å². The molecule has 1 fully saturated rings. The van der Waals surface area contributed by atoms with Gasteiger partial charge in [-0.1, -0.05) is 0 Å². The minimum absolute atomic E-state index is 0.167. The minimum atomic E-state index is -3.20. The number of hydrogen-bond donors (Lipinski definition) is 2. The van der Waals surface area contributed by atoms with E-state index in [-0.39, 0.29) is 11.7 Å². The molecule has 1 amide bonds. The number of nitrogens with zero attached hydrogens (tertiary/aromatic N) is 1. The number of fused-ring (bicyclic) bond motifs is 3. The summed E-state index contributed by atoms with van der Waals surface area (Å²) >= 11 is 0. The number of amides is 1. The number of aryl methyl sites for hydroxylation is 2. The first kappa shape index (κ1) is 18.2. The molecule has 1 aliphatic carbocycles. The number of anilines is 2. The van der Waals surface area contributed by atoms with E-state index < -0.39 is 10.0 Å². The highest BCUT2D eigenvalue weighted by Crippen LogP contribution is 2.30. The van der Waals surface area contributed by atoms with Gasteiger partial charge in [-0.3, -0.25) is 9.10 Å². The van der Waals surface area contributed by atoms with Crippen LogP contribution in [-0.4, -0.2) is 31.6 Å². The summed E-state index contributed by atoms with van der Waals surface area (Å²) in [7, 11) is -3.20. The Hall–Kier alpha value is -2.80. The predicted octanol–water partition coefficient (Wildman–Crippen LogP) is 3.84. The fourth-order valence-corrected chi connectivity index (χ4v) is 5.96. The van der Waals surface area contributed by atoms with Crippen molar-refractivity contribution in [3.8, 4) is 0 Å². The number of carbonyl (C=O) groups is 1. The molecule has 1 saturated heterocycles. The van der Waals surface area contributed by atoms with Crippen LogP contribution in [0.25, 0.3) is 10.9 Å². The molecule has 0 radical (unpaired) electrons. The molecular formula is C22H23N3O3S. The van der Waals surface area contributed by atoms with Crippen molar-refractivity contribution in [2.45, 2.75) is 32.1 Å². The van der Waals surface area contributed by atoms with Crippen LogP contribution in [0, 0.1) is 0 Å². The standard InChI is InChI=1S/C22H23N3O3S/c26-22(15-6-11-21-19(14-15)18-4-1-2-5-20(18)24-21)23-16-7-9-17(10-8-16)25-12-3-13-29(25,27)28/h6-11,14,24H,1-5,12-13H2,(H,23,26). The average molecular weight is 410 g/mol. The first-order valence-electron chi connectivity index (χ1n) is 10.1. The first-order valence-corrected chi connectivity index (χ1v) is 11.7. The molecule has 0 atom stereocenters. The highest BCUT2D eigenvalue weighted by molar-refractivity contribution is 7.93. The van der Waals surface area contributed by atoms with Crippen LogP contribution >= 0.6 is 0 Å². The summed E-state index contributed by atoms with van der Waals surface area (Å²) in [6.07, 6.45) is 5.18. The fraction of sp³-hybridized carbons (Fsp3) is 0.318. The molecule has 2 heterocycles. The summed E-state index contributed by atoms with van der Waals surface area (Å²) in [6.45, 7) is 0.509. The molecule has 0 bridgehead atoms. The van der Waals surface area contributed by atoms with Crippen molar-refractivity contribution < 1.29 is 13.2 Å². The molecule has 5 rings (SSSR count). The lowest BCUT2D eigenvalue weighted by molar-refractivity contribution is 0.102. The zero-order valence-corrected chi connectivity index (χ0v) is 16.9. The van der Waals surface area contributed by atoms with Gasteiger partial charge in [-0.25, -0.2) is 8.42 Å². The van der Waals surface area contributed by atoms with E-state index in [1.54, 1.807) is 24.3 Å². The molecule has 7 heteroatoms. The molecule has 1 aliphatic heterocycles. The average Bonchev–Trinajstić information content (AvgIpc) is 3.27. The molecule has 3 aromatic rings. The zero-order valence-electron chi connectivity index (χ0n) is 16.1. The van der Waals surface area contributed by atoms with E-state index in [4.69, 9.17) is 0 Å². The van der Waals surface area contributed by atoms with Gasteiger partial charge in [-0.2, -0.15) is 0 Å². The van der Waals surface area contributed by atoms with E-state index in [0.717, 1.165) is 23.7 Å². The Morgan fingerprint density at radius 1 is 1.00 bits per heavy atom. The summed E-state index contributed by atoms with van der Waals surface area (Å²) in [5.74, 6) is 0.0239. The predicted molar refractivity (Wildman–Crippen MR) is 115 cm³/mol. The van der Waals surface area contributed by atoms with Crippen LogP contribution < -0.4 is 9.62 Å². The highest BCUT2D eigenvalue weighted by Gasteiger charge is 2.28. The maximum Gasteiger partial charge on any atom is 0.255 e. The Kier molecular flexibility index (Phi) is 4.35. The number of hydrogen-bond acceptors (Lipinski definition) is 3. The van der Waals surface area contributed by atoms with E-state index in [2.05, 4.69) is 10.3 Å². The largest absolute Gasteiger partial charge is 0.358 e. The number of sulfonamides is 1. The number of carbonyl (C=O) groups excluding carboxylic acids is 1. The lowest BCUT2D eigenvalue weighted by atomic mass is 9.95. The Morgan fingerprint density at radius 3 is 2.55 bits per heavy atom. The minimum Gasteiger partial charge on any atom is -0.358 e. The van der Waals surface area contributed by atoms with Crippen LogP contribution in [0.5, 0.6) is 0 Å². The summed E-state index contributed by atoms with van der Waals surface area (Å²) in [5.41, 5.74) is 5.64. The Labute approximate surface area is 170 Å². The van der Waals surface area contributed by atoms with Crippen LogP contribution in [0.2, 0.25) is 0 Å². The number of nitrogens with one attached hydrogen (secondary N) is 2. The number of aromatic nitrogens is 1. The third-order valence-corrected chi connectivity index (χ3v) is 7.74. The molecule has 1 aromatic heterocycles. The second-order valence-corrected chi connectivity index (χ2v) is 9.81. The molecule has 0 spiro atoms. The third kappa shape index (κ3) is 3.29. The summed E-state index contributed by atoms with van der Waals surface area (Å²) in [4.78, 5) is 16.3. The Balaban J connectivity index is 1.36. The Bertz CT molecular complexity index is 1200. The molecule has 150 valence electrons. The van der Waals surface area contributed by atoms with E-state index in [9.17, 15) is 13.2 Å².